The van der Waals surface area contributed by atoms with Crippen molar-refractivity contribution in [3.63, 3.8) is 0 Å². The molecule has 0 bridgehead atoms. The molecule has 6 heteroatoms. The Hall–Kier alpha value is -3.02. The molecule has 0 aromatic heterocycles. The second kappa shape index (κ2) is 7.91. The first kappa shape index (κ1) is 17.8. The minimum Gasteiger partial charge on any atom is -0.493 e. The van der Waals surface area contributed by atoms with Gasteiger partial charge in [-0.15, -0.1) is 0 Å². The molecule has 26 heavy (non-hydrogen) atoms. The second-order valence-corrected chi connectivity index (χ2v) is 5.86. The van der Waals surface area contributed by atoms with Crippen LogP contribution in [-0.2, 0) is 4.79 Å². The number of ether oxygens (including phenoxy) is 3. The first-order valence-electron chi connectivity index (χ1n) is 8.28. The van der Waals surface area contributed by atoms with Crippen molar-refractivity contribution in [3.05, 3.63) is 59.4 Å². The van der Waals surface area contributed by atoms with Gasteiger partial charge in [0.05, 0.1) is 13.2 Å². The van der Waals surface area contributed by atoms with Gasteiger partial charge in [0.1, 0.15) is 19.0 Å². The monoisotopic (exact) mass is 357 g/mol. The summed E-state index contributed by atoms with van der Waals surface area (Å²) in [5, 5.41) is 2.84. The van der Waals surface area contributed by atoms with Crippen LogP contribution in [0.4, 0.5) is 4.39 Å². The van der Waals surface area contributed by atoms with Crippen molar-refractivity contribution in [2.45, 2.75) is 13.0 Å². The minimum absolute atomic E-state index is 0.234. The largest absolute Gasteiger partial charge is 0.493 e. The molecule has 0 aliphatic carbocycles. The summed E-state index contributed by atoms with van der Waals surface area (Å²) in [6.07, 6.45) is 3.11. The lowest BCUT2D eigenvalue weighted by atomic mass is 10.1. The van der Waals surface area contributed by atoms with E-state index in [0.717, 1.165) is 11.1 Å². The van der Waals surface area contributed by atoms with Crippen LogP contribution in [0.2, 0.25) is 0 Å². The Kier molecular flexibility index (Phi) is 5.41. The van der Waals surface area contributed by atoms with Crippen molar-refractivity contribution in [1.82, 2.24) is 5.32 Å². The van der Waals surface area contributed by atoms with Crippen molar-refractivity contribution in [2.75, 3.05) is 20.3 Å². The number of fused-ring (bicyclic) bond motifs is 1. The Morgan fingerprint density at radius 2 is 1.96 bits per heavy atom. The van der Waals surface area contributed by atoms with Gasteiger partial charge in [-0.05, 0) is 48.4 Å². The van der Waals surface area contributed by atoms with Gasteiger partial charge in [0.2, 0.25) is 11.7 Å². The molecule has 1 aliphatic heterocycles. The van der Waals surface area contributed by atoms with Gasteiger partial charge in [0.25, 0.3) is 0 Å². The lowest BCUT2D eigenvalue weighted by molar-refractivity contribution is -0.117. The third-order valence-corrected chi connectivity index (χ3v) is 4.01. The number of nitrogens with one attached hydrogen (secondary N) is 1. The van der Waals surface area contributed by atoms with E-state index in [1.165, 1.54) is 18.2 Å². The number of hydrogen-bond acceptors (Lipinski definition) is 4. The summed E-state index contributed by atoms with van der Waals surface area (Å²) in [5.74, 6) is 1.16. The van der Waals surface area contributed by atoms with Crippen LogP contribution in [0.1, 0.15) is 24.1 Å². The highest BCUT2D eigenvalue weighted by Gasteiger charge is 2.17. The quantitative estimate of drug-likeness (QED) is 0.832. The van der Waals surface area contributed by atoms with Gasteiger partial charge in [0.15, 0.2) is 11.5 Å². The minimum atomic E-state index is -0.306. The zero-order valence-corrected chi connectivity index (χ0v) is 14.6. The summed E-state index contributed by atoms with van der Waals surface area (Å²) in [6, 6.07) is 9.38. The zero-order chi connectivity index (χ0) is 18.5. The van der Waals surface area contributed by atoms with Crippen LogP contribution in [0.15, 0.2) is 42.5 Å². The zero-order valence-electron chi connectivity index (χ0n) is 14.6. The number of benzene rings is 2. The Balaban J connectivity index is 1.69. The Bertz CT molecular complexity index is 800. The van der Waals surface area contributed by atoms with Crippen LogP contribution < -0.4 is 19.5 Å². The molecule has 1 unspecified atom stereocenters. The molecule has 0 saturated heterocycles. The van der Waals surface area contributed by atoms with Gasteiger partial charge < -0.3 is 19.5 Å². The summed E-state index contributed by atoms with van der Waals surface area (Å²) in [7, 11) is 1.55. The molecule has 5 nitrogen and oxygen atoms in total. The van der Waals surface area contributed by atoms with Crippen LogP contribution in [0, 0.1) is 5.82 Å². The van der Waals surface area contributed by atoms with E-state index in [1.807, 2.05) is 6.92 Å². The molecular weight excluding hydrogens is 337 g/mol. The van der Waals surface area contributed by atoms with E-state index in [-0.39, 0.29) is 17.8 Å². The molecule has 1 amide bonds. The summed E-state index contributed by atoms with van der Waals surface area (Å²) >= 11 is 0. The molecular formula is C20H20FNO4. The summed E-state index contributed by atoms with van der Waals surface area (Å²) in [5.41, 5.74) is 1.59. The number of rotatable bonds is 5. The van der Waals surface area contributed by atoms with E-state index in [9.17, 15) is 9.18 Å². The highest BCUT2D eigenvalue weighted by molar-refractivity contribution is 5.92. The Labute approximate surface area is 151 Å². The summed E-state index contributed by atoms with van der Waals surface area (Å²) < 4.78 is 29.4. The lowest BCUT2D eigenvalue weighted by Crippen LogP contribution is -2.24. The number of methoxy groups -OCH3 is 1. The molecule has 1 N–H and O–H groups in total. The molecule has 1 aliphatic rings. The summed E-state index contributed by atoms with van der Waals surface area (Å²) in [6.45, 7) is 2.79. The predicted molar refractivity (Wildman–Crippen MR) is 96.0 cm³/mol. The first-order valence-corrected chi connectivity index (χ1v) is 8.28. The van der Waals surface area contributed by atoms with Crippen LogP contribution in [-0.4, -0.2) is 26.2 Å². The highest BCUT2D eigenvalue weighted by Crippen LogP contribution is 2.40. The maximum absolute atomic E-state index is 13.0. The Morgan fingerprint density at radius 1 is 1.23 bits per heavy atom. The van der Waals surface area contributed by atoms with Crippen LogP contribution in [0.5, 0.6) is 17.2 Å². The Morgan fingerprint density at radius 3 is 2.69 bits per heavy atom. The fourth-order valence-corrected chi connectivity index (χ4v) is 2.66. The number of halogens is 1. The molecule has 0 spiro atoms. The molecule has 0 radical (unpaired) electrons. The predicted octanol–water partition coefficient (Wildman–Crippen LogP) is 3.50. The smallest absolute Gasteiger partial charge is 0.244 e. The van der Waals surface area contributed by atoms with Crippen molar-refractivity contribution in [1.29, 1.82) is 0 Å². The van der Waals surface area contributed by atoms with Crippen molar-refractivity contribution in [3.8, 4) is 17.2 Å². The SMILES string of the molecule is COc1cc(/C=C/C(=O)NC(C)c2ccc(F)cc2)cc2c1OCCO2. The maximum Gasteiger partial charge on any atom is 0.244 e. The van der Waals surface area contributed by atoms with Crippen LogP contribution in [0.25, 0.3) is 6.08 Å². The summed E-state index contributed by atoms with van der Waals surface area (Å²) in [4.78, 5) is 12.2. The topological polar surface area (TPSA) is 56.8 Å². The van der Waals surface area contributed by atoms with Gasteiger partial charge in [-0.3, -0.25) is 4.79 Å². The molecule has 1 heterocycles. The standard InChI is InChI=1S/C20H20FNO4/c1-13(15-4-6-16(21)7-5-15)22-19(23)8-3-14-11-17(24-2)20-18(12-14)25-9-10-26-20/h3-8,11-13H,9-10H2,1-2H3,(H,22,23)/b8-3+. The van der Waals surface area contributed by atoms with Gasteiger partial charge in [0, 0.05) is 6.08 Å². The lowest BCUT2D eigenvalue weighted by Gasteiger charge is -2.21. The molecule has 2 aromatic carbocycles. The first-order chi connectivity index (χ1) is 12.6. The normalized spacial score (nSPS) is 14.1. The van der Waals surface area contributed by atoms with E-state index in [1.54, 1.807) is 37.5 Å². The van der Waals surface area contributed by atoms with Gasteiger partial charge in [-0.2, -0.15) is 0 Å². The van der Waals surface area contributed by atoms with Gasteiger partial charge >= 0.3 is 0 Å². The second-order valence-electron chi connectivity index (χ2n) is 5.86. The van der Waals surface area contributed by atoms with Crippen molar-refractivity contribution >= 4 is 12.0 Å². The number of hydrogen-bond donors (Lipinski definition) is 1. The van der Waals surface area contributed by atoms with Crippen LogP contribution in [0.3, 0.4) is 0 Å². The average Bonchev–Trinajstić information content (AvgIpc) is 2.66. The molecule has 3 rings (SSSR count). The van der Waals surface area contributed by atoms with E-state index < -0.39 is 0 Å². The molecule has 0 saturated carbocycles. The molecule has 2 aromatic rings. The highest BCUT2D eigenvalue weighted by atomic mass is 19.1. The number of carbonyl (C=O) groups is 1. The van der Waals surface area contributed by atoms with Gasteiger partial charge in [-0.25, -0.2) is 4.39 Å². The third-order valence-electron chi connectivity index (χ3n) is 4.01. The number of carbonyl (C=O) groups excluding carboxylic acids is 1. The number of amides is 1. The van der Waals surface area contributed by atoms with Crippen molar-refractivity contribution < 1.29 is 23.4 Å². The third kappa shape index (κ3) is 4.14. The van der Waals surface area contributed by atoms with Crippen molar-refractivity contribution in [2.24, 2.45) is 0 Å². The molecule has 136 valence electrons. The van der Waals surface area contributed by atoms with E-state index in [2.05, 4.69) is 5.32 Å². The molecule has 1 atom stereocenters. The van der Waals surface area contributed by atoms with E-state index in [0.29, 0.717) is 30.5 Å². The molecule has 0 fully saturated rings. The van der Waals surface area contributed by atoms with Gasteiger partial charge in [-0.1, -0.05) is 12.1 Å². The van der Waals surface area contributed by atoms with Crippen LogP contribution >= 0.6 is 0 Å². The fourth-order valence-electron chi connectivity index (χ4n) is 2.66. The fraction of sp³-hybridized carbons (Fsp3) is 0.250. The van der Waals surface area contributed by atoms with E-state index >= 15 is 0 Å². The maximum atomic E-state index is 13.0. The average molecular weight is 357 g/mol. The van der Waals surface area contributed by atoms with E-state index in [4.69, 9.17) is 14.2 Å².